The van der Waals surface area contributed by atoms with Gasteiger partial charge in [-0.15, -0.1) is 0 Å². The first kappa shape index (κ1) is 15.7. The topological polar surface area (TPSA) is 55.1 Å². The van der Waals surface area contributed by atoms with Crippen LogP contribution >= 0.6 is 0 Å². The van der Waals surface area contributed by atoms with E-state index >= 15 is 0 Å². The molecule has 0 radical (unpaired) electrons. The Morgan fingerprint density at radius 2 is 1.68 bits per heavy atom. The number of carbonyl (C=O) groups excluding carboxylic acids is 1. The average Bonchev–Trinajstić information content (AvgIpc) is 2.25. The van der Waals surface area contributed by atoms with Crippen molar-refractivity contribution in [2.45, 2.75) is 52.0 Å². The summed E-state index contributed by atoms with van der Waals surface area (Å²) in [6, 6.07) is 8.44. The third-order valence-electron chi connectivity index (χ3n) is 3.18. The maximum absolute atomic E-state index is 11.8. The molecule has 3 N–H and O–H groups in total. The van der Waals surface area contributed by atoms with Gasteiger partial charge in [0.2, 0.25) is 5.91 Å². The third kappa shape index (κ3) is 5.43. The summed E-state index contributed by atoms with van der Waals surface area (Å²) in [6.07, 6.45) is 0.344. The van der Waals surface area contributed by atoms with E-state index in [0.29, 0.717) is 13.0 Å². The number of rotatable bonds is 5. The summed E-state index contributed by atoms with van der Waals surface area (Å²) in [6.45, 7) is 10.7. The van der Waals surface area contributed by atoms with Crippen LogP contribution in [0.1, 0.15) is 45.2 Å². The summed E-state index contributed by atoms with van der Waals surface area (Å²) in [5.41, 5.74) is 7.77. The minimum absolute atomic E-state index is 0.00712. The zero-order valence-electron chi connectivity index (χ0n) is 12.7. The quantitative estimate of drug-likeness (QED) is 0.856. The van der Waals surface area contributed by atoms with Gasteiger partial charge in [-0.1, -0.05) is 43.7 Å². The van der Waals surface area contributed by atoms with E-state index in [4.69, 9.17) is 5.73 Å². The lowest BCUT2D eigenvalue weighted by Gasteiger charge is -2.27. The molecule has 1 aromatic rings. The molecule has 3 heteroatoms. The van der Waals surface area contributed by atoms with E-state index in [1.54, 1.807) is 0 Å². The Morgan fingerprint density at radius 3 is 2.16 bits per heavy atom. The molecule has 0 spiro atoms. The summed E-state index contributed by atoms with van der Waals surface area (Å²) in [5.74, 6) is 0.00712. The van der Waals surface area contributed by atoms with Gasteiger partial charge in [-0.2, -0.15) is 0 Å². The van der Waals surface area contributed by atoms with Crippen molar-refractivity contribution < 1.29 is 4.79 Å². The highest BCUT2D eigenvalue weighted by atomic mass is 16.1. The van der Waals surface area contributed by atoms with Crippen molar-refractivity contribution in [3.8, 4) is 0 Å². The van der Waals surface area contributed by atoms with Gasteiger partial charge in [0.05, 0.1) is 0 Å². The van der Waals surface area contributed by atoms with Crippen LogP contribution in [-0.2, 0) is 10.2 Å². The Kier molecular flexibility index (Phi) is 4.75. The smallest absolute Gasteiger partial charge is 0.221 e. The van der Waals surface area contributed by atoms with Gasteiger partial charge in [-0.3, -0.25) is 4.79 Å². The van der Waals surface area contributed by atoms with E-state index in [0.717, 1.165) is 0 Å². The molecule has 1 amide bonds. The van der Waals surface area contributed by atoms with Crippen molar-refractivity contribution in [2.24, 2.45) is 5.73 Å². The minimum Gasteiger partial charge on any atom is -0.355 e. The highest BCUT2D eigenvalue weighted by molar-refractivity contribution is 5.77. The zero-order valence-corrected chi connectivity index (χ0v) is 12.7. The number of amides is 1. The molecule has 0 aliphatic rings. The third-order valence-corrected chi connectivity index (χ3v) is 3.18. The second-order valence-corrected chi connectivity index (χ2v) is 6.69. The lowest BCUT2D eigenvalue weighted by Crippen LogP contribution is -2.42. The van der Waals surface area contributed by atoms with Gasteiger partial charge >= 0.3 is 0 Å². The molecule has 1 rings (SSSR count). The second-order valence-electron chi connectivity index (χ2n) is 6.69. The lowest BCUT2D eigenvalue weighted by molar-refractivity contribution is -0.122. The Balaban J connectivity index is 2.60. The van der Waals surface area contributed by atoms with Crippen molar-refractivity contribution in [1.29, 1.82) is 0 Å². The van der Waals surface area contributed by atoms with Gasteiger partial charge in [-0.25, -0.2) is 0 Å². The van der Waals surface area contributed by atoms with Crippen LogP contribution in [0.15, 0.2) is 24.3 Å². The van der Waals surface area contributed by atoms with Crippen LogP contribution in [0.4, 0.5) is 0 Å². The molecule has 0 saturated heterocycles. The van der Waals surface area contributed by atoms with Gasteiger partial charge in [0.25, 0.3) is 0 Å². The first-order chi connectivity index (χ1) is 8.60. The molecule has 0 heterocycles. The predicted octanol–water partition coefficient (Wildman–Crippen LogP) is 2.52. The fraction of sp³-hybridized carbons (Fsp3) is 0.562. The maximum Gasteiger partial charge on any atom is 0.221 e. The Bertz CT molecular complexity index is 427. The standard InChI is InChI=1S/C16H26N2O/c1-12-6-8-13(9-7-12)15(2,3)11-18-14(19)10-16(4,5)17/h6-9H,10-11,17H2,1-5H3,(H,18,19). The molecule has 0 aliphatic carbocycles. The van der Waals surface area contributed by atoms with Crippen molar-refractivity contribution in [3.63, 3.8) is 0 Å². The molecular formula is C16H26N2O. The van der Waals surface area contributed by atoms with Crippen molar-refractivity contribution >= 4 is 5.91 Å². The lowest BCUT2D eigenvalue weighted by atomic mass is 9.84. The highest BCUT2D eigenvalue weighted by Gasteiger charge is 2.23. The van der Waals surface area contributed by atoms with Crippen LogP contribution in [0.5, 0.6) is 0 Å². The van der Waals surface area contributed by atoms with Gasteiger partial charge in [-0.05, 0) is 26.3 Å². The van der Waals surface area contributed by atoms with Crippen molar-refractivity contribution in [1.82, 2.24) is 5.32 Å². The van der Waals surface area contributed by atoms with Gasteiger partial charge < -0.3 is 11.1 Å². The molecule has 3 nitrogen and oxygen atoms in total. The number of benzene rings is 1. The number of nitrogens with one attached hydrogen (secondary N) is 1. The number of carbonyl (C=O) groups is 1. The summed E-state index contributed by atoms with van der Waals surface area (Å²) < 4.78 is 0. The van der Waals surface area contributed by atoms with Crippen LogP contribution in [0.3, 0.4) is 0 Å². The highest BCUT2D eigenvalue weighted by Crippen LogP contribution is 2.22. The van der Waals surface area contributed by atoms with E-state index in [1.807, 2.05) is 13.8 Å². The molecule has 0 unspecified atom stereocenters. The summed E-state index contributed by atoms with van der Waals surface area (Å²) in [4.78, 5) is 11.8. The number of aryl methyl sites for hydroxylation is 1. The van der Waals surface area contributed by atoms with Crippen molar-refractivity contribution in [3.05, 3.63) is 35.4 Å². The van der Waals surface area contributed by atoms with Crippen LogP contribution in [0, 0.1) is 6.92 Å². The number of hydrogen-bond acceptors (Lipinski definition) is 2. The zero-order chi connectivity index (χ0) is 14.7. The predicted molar refractivity (Wildman–Crippen MR) is 80.1 cm³/mol. The molecule has 0 saturated carbocycles. The maximum atomic E-state index is 11.8. The average molecular weight is 262 g/mol. The largest absolute Gasteiger partial charge is 0.355 e. The van der Waals surface area contributed by atoms with Crippen LogP contribution < -0.4 is 11.1 Å². The van der Waals surface area contributed by atoms with Gasteiger partial charge in [0, 0.05) is 23.9 Å². The summed E-state index contributed by atoms with van der Waals surface area (Å²) in [7, 11) is 0. The molecule has 0 bridgehead atoms. The van der Waals surface area contributed by atoms with E-state index < -0.39 is 5.54 Å². The fourth-order valence-electron chi connectivity index (χ4n) is 1.90. The molecule has 1 aromatic carbocycles. The monoisotopic (exact) mass is 262 g/mol. The first-order valence-electron chi connectivity index (χ1n) is 6.73. The normalized spacial score (nSPS) is 12.3. The van der Waals surface area contributed by atoms with E-state index in [1.165, 1.54) is 11.1 Å². The molecule has 0 aliphatic heterocycles. The summed E-state index contributed by atoms with van der Waals surface area (Å²) in [5, 5.41) is 2.97. The fourth-order valence-corrected chi connectivity index (χ4v) is 1.90. The van der Waals surface area contributed by atoms with Crippen LogP contribution in [0.2, 0.25) is 0 Å². The molecule has 0 atom stereocenters. The van der Waals surface area contributed by atoms with Gasteiger partial charge in [0.1, 0.15) is 0 Å². The first-order valence-corrected chi connectivity index (χ1v) is 6.73. The Labute approximate surface area is 116 Å². The Hall–Kier alpha value is -1.35. The second kappa shape index (κ2) is 5.74. The molecule has 0 aromatic heterocycles. The Morgan fingerprint density at radius 1 is 1.16 bits per heavy atom. The van der Waals surface area contributed by atoms with Gasteiger partial charge in [0.15, 0.2) is 0 Å². The van der Waals surface area contributed by atoms with E-state index in [-0.39, 0.29) is 11.3 Å². The molecule has 19 heavy (non-hydrogen) atoms. The minimum atomic E-state index is -0.460. The number of hydrogen-bond donors (Lipinski definition) is 2. The van der Waals surface area contributed by atoms with Crippen LogP contribution in [0.25, 0.3) is 0 Å². The van der Waals surface area contributed by atoms with E-state index in [9.17, 15) is 4.79 Å². The van der Waals surface area contributed by atoms with E-state index in [2.05, 4.69) is 50.4 Å². The molecular weight excluding hydrogens is 236 g/mol. The van der Waals surface area contributed by atoms with Crippen LogP contribution in [-0.4, -0.2) is 18.0 Å². The molecule has 0 fully saturated rings. The van der Waals surface area contributed by atoms with Crippen molar-refractivity contribution in [2.75, 3.05) is 6.54 Å². The molecule has 106 valence electrons. The number of nitrogens with two attached hydrogens (primary N) is 1. The summed E-state index contributed by atoms with van der Waals surface area (Å²) >= 11 is 0. The SMILES string of the molecule is Cc1ccc(C(C)(C)CNC(=O)CC(C)(C)N)cc1.